The molecule has 1 aromatic carbocycles. The molecule has 2 rings (SSSR count). The van der Waals surface area contributed by atoms with E-state index < -0.39 is 12.7 Å². The molecule has 7 heteroatoms. The molecule has 0 saturated carbocycles. The van der Waals surface area contributed by atoms with Crippen LogP contribution in [0.4, 0.5) is 17.6 Å². The number of hydrogen-bond donors (Lipinski definition) is 1. The van der Waals surface area contributed by atoms with Crippen LogP contribution < -0.4 is 5.32 Å². The summed E-state index contributed by atoms with van der Waals surface area (Å²) >= 11 is 0. The molecule has 0 spiro atoms. The summed E-state index contributed by atoms with van der Waals surface area (Å²) in [5, 5.41) is 6.70. The van der Waals surface area contributed by atoms with Crippen molar-refractivity contribution in [1.82, 2.24) is 15.1 Å². The molecule has 0 saturated heterocycles. The number of rotatable bonds is 5. The highest BCUT2D eigenvalue weighted by Gasteiger charge is 2.28. The van der Waals surface area contributed by atoms with E-state index in [0.717, 1.165) is 10.2 Å². The van der Waals surface area contributed by atoms with Gasteiger partial charge in [-0.05, 0) is 17.7 Å². The van der Waals surface area contributed by atoms with Crippen molar-refractivity contribution in [2.24, 2.45) is 0 Å². The molecule has 0 bridgehead atoms. The predicted molar refractivity (Wildman–Crippen MR) is 65.2 cm³/mol. The maximum absolute atomic E-state index is 12.7. The molecule has 0 aliphatic rings. The van der Waals surface area contributed by atoms with E-state index in [1.165, 1.54) is 24.5 Å². The number of alkyl halides is 3. The van der Waals surface area contributed by atoms with Crippen molar-refractivity contribution in [3.63, 3.8) is 0 Å². The first kappa shape index (κ1) is 14.5. The van der Waals surface area contributed by atoms with E-state index in [0.29, 0.717) is 18.7 Å². The molecule has 0 radical (unpaired) electrons. The first-order chi connectivity index (χ1) is 9.42. The SMILES string of the molecule is Fc1ccc(CNCc2cnn(CC(F)(F)F)c2)cc1. The van der Waals surface area contributed by atoms with E-state index in [2.05, 4.69) is 10.4 Å². The molecule has 0 atom stereocenters. The lowest BCUT2D eigenvalue weighted by atomic mass is 10.2. The van der Waals surface area contributed by atoms with Gasteiger partial charge in [0.1, 0.15) is 12.4 Å². The standard InChI is InChI=1S/C13H13F4N3/c14-12-3-1-10(2-4-12)5-18-6-11-7-19-20(8-11)9-13(15,16)17/h1-4,7-8,18H,5-6,9H2. The summed E-state index contributed by atoms with van der Waals surface area (Å²) < 4.78 is 50.0. The lowest BCUT2D eigenvalue weighted by Gasteiger charge is -2.05. The molecule has 1 N–H and O–H groups in total. The Bertz CT molecular complexity index is 545. The molecule has 0 aliphatic heterocycles. The van der Waals surface area contributed by atoms with Gasteiger partial charge in [-0.25, -0.2) is 4.39 Å². The zero-order valence-corrected chi connectivity index (χ0v) is 10.5. The highest BCUT2D eigenvalue weighted by atomic mass is 19.4. The van der Waals surface area contributed by atoms with Gasteiger partial charge in [0.25, 0.3) is 0 Å². The van der Waals surface area contributed by atoms with Crippen LogP contribution >= 0.6 is 0 Å². The molecule has 20 heavy (non-hydrogen) atoms. The van der Waals surface area contributed by atoms with Gasteiger partial charge >= 0.3 is 6.18 Å². The molecular weight excluding hydrogens is 274 g/mol. The largest absolute Gasteiger partial charge is 0.408 e. The second kappa shape index (κ2) is 6.04. The van der Waals surface area contributed by atoms with Crippen LogP contribution in [0.15, 0.2) is 36.7 Å². The Hall–Kier alpha value is -1.89. The van der Waals surface area contributed by atoms with Gasteiger partial charge < -0.3 is 5.32 Å². The Morgan fingerprint density at radius 1 is 1.05 bits per heavy atom. The Balaban J connectivity index is 1.81. The maximum Gasteiger partial charge on any atom is 0.408 e. The molecule has 0 unspecified atom stereocenters. The van der Waals surface area contributed by atoms with Crippen LogP contribution in [0.5, 0.6) is 0 Å². The van der Waals surface area contributed by atoms with Crippen LogP contribution in [0.25, 0.3) is 0 Å². The Kier molecular flexibility index (Phi) is 4.39. The summed E-state index contributed by atoms with van der Waals surface area (Å²) in [6.45, 7) is -0.190. The van der Waals surface area contributed by atoms with Crippen LogP contribution in [0.3, 0.4) is 0 Å². The van der Waals surface area contributed by atoms with Gasteiger partial charge in [-0.1, -0.05) is 12.1 Å². The molecule has 3 nitrogen and oxygen atoms in total. The summed E-state index contributed by atoms with van der Waals surface area (Å²) in [7, 11) is 0. The number of hydrogen-bond acceptors (Lipinski definition) is 2. The minimum Gasteiger partial charge on any atom is -0.309 e. The van der Waals surface area contributed by atoms with Crippen LogP contribution in [0, 0.1) is 5.82 Å². The molecule has 1 heterocycles. The molecule has 0 amide bonds. The third kappa shape index (κ3) is 4.65. The lowest BCUT2D eigenvalue weighted by molar-refractivity contribution is -0.142. The maximum atomic E-state index is 12.7. The third-order valence-electron chi connectivity index (χ3n) is 2.60. The number of nitrogens with one attached hydrogen (secondary N) is 1. The summed E-state index contributed by atoms with van der Waals surface area (Å²) in [5.74, 6) is -0.304. The smallest absolute Gasteiger partial charge is 0.309 e. The molecule has 0 aliphatic carbocycles. The summed E-state index contributed by atoms with van der Waals surface area (Å²) in [4.78, 5) is 0. The lowest BCUT2D eigenvalue weighted by Crippen LogP contribution is -2.18. The van der Waals surface area contributed by atoms with Gasteiger partial charge in [0.05, 0.1) is 6.20 Å². The second-order valence-electron chi connectivity index (χ2n) is 4.39. The summed E-state index contributed by atoms with van der Waals surface area (Å²) in [5.41, 5.74) is 1.56. The number of aromatic nitrogens is 2. The monoisotopic (exact) mass is 287 g/mol. The zero-order chi connectivity index (χ0) is 14.6. The molecule has 108 valence electrons. The van der Waals surface area contributed by atoms with Gasteiger partial charge in [0.2, 0.25) is 0 Å². The average molecular weight is 287 g/mol. The normalized spacial score (nSPS) is 11.8. The van der Waals surface area contributed by atoms with Gasteiger partial charge in [-0.2, -0.15) is 18.3 Å². The number of halogens is 4. The van der Waals surface area contributed by atoms with E-state index >= 15 is 0 Å². The quantitative estimate of drug-likeness (QED) is 0.857. The van der Waals surface area contributed by atoms with Crippen molar-refractivity contribution < 1.29 is 17.6 Å². The van der Waals surface area contributed by atoms with Gasteiger partial charge in [-0.15, -0.1) is 0 Å². The molecule has 2 aromatic rings. The average Bonchev–Trinajstić information content (AvgIpc) is 2.77. The molecule has 0 fully saturated rings. The van der Waals surface area contributed by atoms with E-state index in [-0.39, 0.29) is 5.82 Å². The summed E-state index contributed by atoms with van der Waals surface area (Å²) in [6, 6.07) is 6.02. The van der Waals surface area contributed by atoms with E-state index in [4.69, 9.17) is 0 Å². The minimum atomic E-state index is -4.27. The first-order valence-electron chi connectivity index (χ1n) is 5.96. The van der Waals surface area contributed by atoms with Crippen molar-refractivity contribution >= 4 is 0 Å². The Morgan fingerprint density at radius 2 is 1.70 bits per heavy atom. The molecular formula is C13H13F4N3. The zero-order valence-electron chi connectivity index (χ0n) is 10.5. The van der Waals surface area contributed by atoms with E-state index in [1.807, 2.05) is 0 Å². The fourth-order valence-electron chi connectivity index (χ4n) is 1.72. The van der Waals surface area contributed by atoms with E-state index in [1.54, 1.807) is 12.1 Å². The van der Waals surface area contributed by atoms with Crippen LogP contribution in [-0.4, -0.2) is 16.0 Å². The predicted octanol–water partition coefficient (Wildman–Crippen LogP) is 2.87. The van der Waals surface area contributed by atoms with Gasteiger partial charge in [-0.3, -0.25) is 4.68 Å². The van der Waals surface area contributed by atoms with Crippen molar-refractivity contribution in [2.45, 2.75) is 25.8 Å². The number of benzene rings is 1. The summed E-state index contributed by atoms with van der Waals surface area (Å²) in [6.07, 6.45) is -1.53. The van der Waals surface area contributed by atoms with Crippen molar-refractivity contribution in [3.8, 4) is 0 Å². The Labute approximate surface area is 113 Å². The number of nitrogens with zero attached hydrogens (tertiary/aromatic N) is 2. The van der Waals surface area contributed by atoms with Crippen LogP contribution in [-0.2, 0) is 19.6 Å². The minimum absolute atomic E-state index is 0.304. The third-order valence-corrected chi connectivity index (χ3v) is 2.60. The van der Waals surface area contributed by atoms with Crippen LogP contribution in [0.2, 0.25) is 0 Å². The van der Waals surface area contributed by atoms with Gasteiger partial charge in [0, 0.05) is 24.8 Å². The highest BCUT2D eigenvalue weighted by Crippen LogP contribution is 2.17. The topological polar surface area (TPSA) is 29.9 Å². The van der Waals surface area contributed by atoms with Crippen molar-refractivity contribution in [1.29, 1.82) is 0 Å². The van der Waals surface area contributed by atoms with Crippen LogP contribution in [0.1, 0.15) is 11.1 Å². The highest BCUT2D eigenvalue weighted by molar-refractivity contribution is 5.16. The Morgan fingerprint density at radius 3 is 2.35 bits per heavy atom. The fraction of sp³-hybridized carbons (Fsp3) is 0.308. The first-order valence-corrected chi connectivity index (χ1v) is 5.96. The van der Waals surface area contributed by atoms with Gasteiger partial charge in [0.15, 0.2) is 0 Å². The van der Waals surface area contributed by atoms with E-state index in [9.17, 15) is 17.6 Å². The van der Waals surface area contributed by atoms with Crippen molar-refractivity contribution in [3.05, 3.63) is 53.6 Å². The second-order valence-corrected chi connectivity index (χ2v) is 4.39. The fourth-order valence-corrected chi connectivity index (χ4v) is 1.72. The molecule has 1 aromatic heterocycles. The van der Waals surface area contributed by atoms with Crippen molar-refractivity contribution in [2.75, 3.05) is 0 Å².